The molecule has 1 fully saturated rings. The molecular formula is C15H19NO3S. The maximum atomic E-state index is 12.4. The lowest BCUT2D eigenvalue weighted by molar-refractivity contribution is -0.117. The van der Waals surface area contributed by atoms with E-state index < -0.39 is 15.1 Å². The Bertz CT molecular complexity index is 634. The molecule has 1 saturated heterocycles. The molecule has 0 bridgehead atoms. The molecule has 1 aromatic rings. The summed E-state index contributed by atoms with van der Waals surface area (Å²) in [6.07, 6.45) is 2.14. The smallest absolute Gasteiger partial charge is 0.227 e. The molecule has 1 unspecified atom stereocenters. The summed E-state index contributed by atoms with van der Waals surface area (Å²) in [6, 6.07) is 6.70. The standard InChI is InChI=1S/C15H19NO3S/c1-4-12-9-15(17)16(10-12)13-7-5-6-8-14(13)20(18,19)11(2)3/h4-8,11-12H,1,9-10H2,2-3H3. The molecule has 0 radical (unpaired) electrons. The van der Waals surface area contributed by atoms with Crippen molar-refractivity contribution in [2.75, 3.05) is 11.4 Å². The van der Waals surface area contributed by atoms with E-state index in [2.05, 4.69) is 6.58 Å². The summed E-state index contributed by atoms with van der Waals surface area (Å²) in [6.45, 7) is 7.49. The molecule has 5 heteroatoms. The Morgan fingerprint density at radius 3 is 2.55 bits per heavy atom. The van der Waals surface area contributed by atoms with Crippen LogP contribution in [-0.4, -0.2) is 26.1 Å². The molecule has 1 atom stereocenters. The van der Waals surface area contributed by atoms with Crippen molar-refractivity contribution in [2.24, 2.45) is 5.92 Å². The number of carbonyl (C=O) groups is 1. The molecule has 1 amide bonds. The first-order valence-electron chi connectivity index (χ1n) is 6.63. The van der Waals surface area contributed by atoms with E-state index in [0.717, 1.165) is 0 Å². The van der Waals surface area contributed by atoms with Crippen LogP contribution in [0.25, 0.3) is 0 Å². The van der Waals surface area contributed by atoms with Crippen molar-refractivity contribution in [1.29, 1.82) is 0 Å². The molecule has 0 spiro atoms. The summed E-state index contributed by atoms with van der Waals surface area (Å²) in [5.74, 6) is 0.0265. The van der Waals surface area contributed by atoms with Gasteiger partial charge in [0.25, 0.3) is 0 Å². The monoisotopic (exact) mass is 293 g/mol. The summed E-state index contributed by atoms with van der Waals surface area (Å²) in [7, 11) is -3.41. The largest absolute Gasteiger partial charge is 0.310 e. The van der Waals surface area contributed by atoms with Crippen LogP contribution in [0.15, 0.2) is 41.8 Å². The highest BCUT2D eigenvalue weighted by atomic mass is 32.2. The summed E-state index contributed by atoms with van der Waals surface area (Å²) in [4.78, 5) is 13.9. The minimum Gasteiger partial charge on any atom is -0.310 e. The summed E-state index contributed by atoms with van der Waals surface area (Å²) in [5.41, 5.74) is 0.482. The van der Waals surface area contributed by atoms with Gasteiger partial charge in [-0.25, -0.2) is 8.42 Å². The van der Waals surface area contributed by atoms with Crippen molar-refractivity contribution in [3.8, 4) is 0 Å². The zero-order valence-electron chi connectivity index (χ0n) is 11.7. The van der Waals surface area contributed by atoms with Gasteiger partial charge in [-0.15, -0.1) is 6.58 Å². The van der Waals surface area contributed by atoms with Gasteiger partial charge in [-0.1, -0.05) is 18.2 Å². The fourth-order valence-corrected chi connectivity index (χ4v) is 3.55. The Labute approximate surface area is 120 Å². The molecule has 1 aliphatic heterocycles. The van der Waals surface area contributed by atoms with Gasteiger partial charge in [-0.2, -0.15) is 0 Å². The van der Waals surface area contributed by atoms with E-state index in [1.165, 1.54) is 0 Å². The number of carbonyl (C=O) groups excluding carboxylic acids is 1. The van der Waals surface area contributed by atoms with Crippen LogP contribution in [-0.2, 0) is 14.6 Å². The highest BCUT2D eigenvalue weighted by Gasteiger charge is 2.33. The van der Waals surface area contributed by atoms with Crippen molar-refractivity contribution in [3.05, 3.63) is 36.9 Å². The van der Waals surface area contributed by atoms with Crippen molar-refractivity contribution >= 4 is 21.4 Å². The second kappa shape index (κ2) is 5.40. The van der Waals surface area contributed by atoms with E-state index in [1.54, 1.807) is 49.1 Å². The Balaban J connectivity index is 2.49. The molecule has 108 valence electrons. The van der Waals surface area contributed by atoms with Crippen LogP contribution in [0.2, 0.25) is 0 Å². The highest BCUT2D eigenvalue weighted by molar-refractivity contribution is 7.92. The van der Waals surface area contributed by atoms with Gasteiger partial charge < -0.3 is 4.90 Å². The average molecular weight is 293 g/mol. The molecule has 1 heterocycles. The van der Waals surface area contributed by atoms with Gasteiger partial charge in [0.1, 0.15) is 0 Å². The number of anilines is 1. The first-order chi connectivity index (χ1) is 9.37. The summed E-state index contributed by atoms with van der Waals surface area (Å²) in [5, 5.41) is -0.517. The molecule has 0 saturated carbocycles. The number of hydrogen-bond donors (Lipinski definition) is 0. The second-order valence-electron chi connectivity index (χ2n) is 5.27. The number of sulfone groups is 1. The number of hydrogen-bond acceptors (Lipinski definition) is 3. The number of amides is 1. The van der Waals surface area contributed by atoms with Gasteiger partial charge in [0.15, 0.2) is 9.84 Å². The van der Waals surface area contributed by atoms with Gasteiger partial charge in [0, 0.05) is 18.9 Å². The fraction of sp³-hybridized carbons (Fsp3) is 0.400. The lowest BCUT2D eigenvalue weighted by atomic mass is 10.1. The van der Waals surface area contributed by atoms with Gasteiger partial charge in [-0.3, -0.25) is 4.79 Å². The van der Waals surface area contributed by atoms with E-state index in [9.17, 15) is 13.2 Å². The van der Waals surface area contributed by atoms with Crippen LogP contribution in [0, 0.1) is 5.92 Å². The average Bonchev–Trinajstić information content (AvgIpc) is 2.79. The lowest BCUT2D eigenvalue weighted by Crippen LogP contribution is -2.27. The molecule has 2 rings (SSSR count). The van der Waals surface area contributed by atoms with Crippen LogP contribution in [0.4, 0.5) is 5.69 Å². The fourth-order valence-electron chi connectivity index (χ4n) is 2.30. The van der Waals surface area contributed by atoms with Crippen molar-refractivity contribution in [1.82, 2.24) is 0 Å². The first kappa shape index (κ1) is 14.8. The molecular weight excluding hydrogens is 274 g/mol. The quantitative estimate of drug-likeness (QED) is 0.801. The van der Waals surface area contributed by atoms with E-state index >= 15 is 0 Å². The van der Waals surface area contributed by atoms with E-state index in [4.69, 9.17) is 0 Å². The Kier molecular flexibility index (Phi) is 3.99. The van der Waals surface area contributed by atoms with Crippen molar-refractivity contribution in [3.63, 3.8) is 0 Å². The summed E-state index contributed by atoms with van der Waals surface area (Å²) >= 11 is 0. The Morgan fingerprint density at radius 1 is 1.35 bits per heavy atom. The molecule has 20 heavy (non-hydrogen) atoms. The normalized spacial score (nSPS) is 19.6. The lowest BCUT2D eigenvalue weighted by Gasteiger charge is -2.21. The van der Waals surface area contributed by atoms with Crippen LogP contribution >= 0.6 is 0 Å². The third-order valence-electron chi connectivity index (χ3n) is 3.57. The van der Waals surface area contributed by atoms with E-state index in [1.807, 2.05) is 0 Å². The zero-order valence-corrected chi connectivity index (χ0v) is 12.6. The highest BCUT2D eigenvalue weighted by Crippen LogP contribution is 2.32. The van der Waals surface area contributed by atoms with E-state index in [0.29, 0.717) is 18.7 Å². The second-order valence-corrected chi connectivity index (χ2v) is 7.74. The van der Waals surface area contributed by atoms with Gasteiger partial charge in [0.2, 0.25) is 5.91 Å². The maximum Gasteiger partial charge on any atom is 0.227 e. The van der Waals surface area contributed by atoms with Gasteiger partial charge in [0.05, 0.1) is 15.8 Å². The molecule has 1 aliphatic rings. The molecule has 0 aromatic heterocycles. The Hall–Kier alpha value is -1.62. The first-order valence-corrected chi connectivity index (χ1v) is 8.18. The van der Waals surface area contributed by atoms with Crippen molar-refractivity contribution in [2.45, 2.75) is 30.4 Å². The van der Waals surface area contributed by atoms with Crippen LogP contribution in [0.3, 0.4) is 0 Å². The maximum absolute atomic E-state index is 12.4. The molecule has 4 nitrogen and oxygen atoms in total. The van der Waals surface area contributed by atoms with Crippen LogP contribution < -0.4 is 4.90 Å². The predicted octanol–water partition coefficient (Wildman–Crippen LogP) is 2.41. The van der Waals surface area contributed by atoms with Crippen LogP contribution in [0.1, 0.15) is 20.3 Å². The molecule has 0 N–H and O–H groups in total. The number of rotatable bonds is 4. The molecule has 0 aliphatic carbocycles. The third kappa shape index (κ3) is 2.50. The number of para-hydroxylation sites is 1. The predicted molar refractivity (Wildman–Crippen MR) is 79.4 cm³/mol. The van der Waals surface area contributed by atoms with Crippen LogP contribution in [0.5, 0.6) is 0 Å². The van der Waals surface area contributed by atoms with Crippen molar-refractivity contribution < 1.29 is 13.2 Å². The third-order valence-corrected chi connectivity index (χ3v) is 5.77. The van der Waals surface area contributed by atoms with Gasteiger partial charge >= 0.3 is 0 Å². The number of benzene rings is 1. The summed E-state index contributed by atoms with van der Waals surface area (Å²) < 4.78 is 24.8. The minimum absolute atomic E-state index is 0.0543. The SMILES string of the molecule is C=CC1CC(=O)N(c2ccccc2S(=O)(=O)C(C)C)C1. The minimum atomic E-state index is -3.41. The Morgan fingerprint density at radius 2 is 2.00 bits per heavy atom. The van der Waals surface area contributed by atoms with E-state index in [-0.39, 0.29) is 16.7 Å². The molecule has 1 aromatic carbocycles. The topological polar surface area (TPSA) is 54.5 Å². The van der Waals surface area contributed by atoms with Gasteiger partial charge in [-0.05, 0) is 26.0 Å². The zero-order chi connectivity index (χ0) is 14.9. The number of nitrogens with zero attached hydrogens (tertiary/aromatic N) is 1.